The van der Waals surface area contributed by atoms with Crippen molar-refractivity contribution in [1.29, 1.82) is 0 Å². The average molecular weight is 275 g/mol. The molecular weight excluding hydrogens is 254 g/mol. The first-order chi connectivity index (χ1) is 9.74. The van der Waals surface area contributed by atoms with Crippen molar-refractivity contribution in [3.05, 3.63) is 34.3 Å². The molecule has 2 heterocycles. The van der Waals surface area contributed by atoms with Crippen LogP contribution in [0.2, 0.25) is 0 Å². The highest BCUT2D eigenvalue weighted by Gasteiger charge is 2.10. The van der Waals surface area contributed by atoms with Crippen molar-refractivity contribution in [2.75, 3.05) is 32.7 Å². The molecule has 3 rings (SSSR count). The normalized spacial score (nSPS) is 17.4. The molecule has 20 heavy (non-hydrogen) atoms. The molecule has 1 saturated heterocycles. The fraction of sp³-hybridized carbons (Fsp3) is 0.533. The monoisotopic (exact) mass is 275 g/mol. The lowest BCUT2D eigenvalue weighted by Gasteiger charge is -2.19. The topological polar surface area (TPSA) is 50.4 Å². The molecule has 1 aliphatic heterocycles. The molecule has 1 N–H and O–H groups in total. The van der Waals surface area contributed by atoms with Gasteiger partial charge in [-0.3, -0.25) is 4.57 Å². The molecule has 0 spiro atoms. The van der Waals surface area contributed by atoms with Gasteiger partial charge in [0.25, 0.3) is 0 Å². The van der Waals surface area contributed by atoms with Crippen LogP contribution >= 0.6 is 0 Å². The van der Waals surface area contributed by atoms with Gasteiger partial charge in [-0.05, 0) is 43.6 Å². The molecule has 0 unspecified atom stereocenters. The largest absolute Gasteiger partial charge is 0.419 e. The number of nitrogens with zero attached hydrogens (tertiary/aromatic N) is 2. The fourth-order valence-corrected chi connectivity index (χ4v) is 2.74. The number of rotatable bonds is 3. The maximum absolute atomic E-state index is 11.5. The van der Waals surface area contributed by atoms with Crippen LogP contribution in [-0.4, -0.2) is 42.2 Å². The summed E-state index contributed by atoms with van der Waals surface area (Å²) >= 11 is 0. The van der Waals surface area contributed by atoms with Gasteiger partial charge in [-0.25, -0.2) is 4.79 Å². The Morgan fingerprint density at radius 1 is 1.30 bits per heavy atom. The molecule has 108 valence electrons. The number of oxazole rings is 1. The van der Waals surface area contributed by atoms with Crippen LogP contribution in [0.1, 0.15) is 12.0 Å². The molecule has 1 aliphatic rings. The summed E-state index contributed by atoms with van der Waals surface area (Å²) < 4.78 is 6.72. The summed E-state index contributed by atoms with van der Waals surface area (Å²) in [6.45, 7) is 5.56. The molecule has 1 aromatic heterocycles. The van der Waals surface area contributed by atoms with E-state index in [1.165, 1.54) is 18.5 Å². The molecule has 0 aliphatic carbocycles. The summed E-state index contributed by atoms with van der Waals surface area (Å²) in [7, 11) is 1.75. The average Bonchev–Trinajstić information content (AvgIpc) is 2.66. The van der Waals surface area contributed by atoms with Crippen molar-refractivity contribution < 1.29 is 4.42 Å². The number of hydrogen-bond acceptors (Lipinski definition) is 4. The third kappa shape index (κ3) is 2.78. The summed E-state index contributed by atoms with van der Waals surface area (Å²) in [6.07, 6.45) is 2.23. The van der Waals surface area contributed by atoms with Gasteiger partial charge in [-0.1, -0.05) is 6.07 Å². The zero-order valence-electron chi connectivity index (χ0n) is 11.9. The Balaban J connectivity index is 1.70. The van der Waals surface area contributed by atoms with E-state index in [2.05, 4.69) is 22.3 Å². The molecular formula is C15H21N3O2. The molecule has 1 aromatic carbocycles. The van der Waals surface area contributed by atoms with Gasteiger partial charge >= 0.3 is 5.76 Å². The van der Waals surface area contributed by atoms with Gasteiger partial charge < -0.3 is 14.6 Å². The number of aromatic nitrogens is 1. The minimum absolute atomic E-state index is 0.296. The Labute approximate surface area is 118 Å². The van der Waals surface area contributed by atoms with E-state index in [-0.39, 0.29) is 5.76 Å². The SMILES string of the molecule is Cn1c(=O)oc2ccc(CCN3CCCNCC3)cc21. The molecule has 0 saturated carbocycles. The molecule has 5 nitrogen and oxygen atoms in total. The van der Waals surface area contributed by atoms with Crippen molar-refractivity contribution in [3.63, 3.8) is 0 Å². The zero-order valence-corrected chi connectivity index (χ0v) is 11.9. The first kappa shape index (κ1) is 13.4. The van der Waals surface area contributed by atoms with Crippen LogP contribution in [0.3, 0.4) is 0 Å². The van der Waals surface area contributed by atoms with E-state index in [4.69, 9.17) is 4.42 Å². The molecule has 0 radical (unpaired) electrons. The number of hydrogen-bond donors (Lipinski definition) is 1. The van der Waals surface area contributed by atoms with Crippen LogP contribution in [0.25, 0.3) is 11.1 Å². The first-order valence-corrected chi connectivity index (χ1v) is 7.25. The van der Waals surface area contributed by atoms with E-state index < -0.39 is 0 Å². The fourth-order valence-electron chi connectivity index (χ4n) is 2.74. The molecule has 5 heteroatoms. The lowest BCUT2D eigenvalue weighted by atomic mass is 10.1. The van der Waals surface area contributed by atoms with Gasteiger partial charge in [-0.15, -0.1) is 0 Å². The van der Waals surface area contributed by atoms with Gasteiger partial charge in [0.15, 0.2) is 5.58 Å². The second-order valence-electron chi connectivity index (χ2n) is 5.42. The zero-order chi connectivity index (χ0) is 13.9. The number of benzene rings is 1. The van der Waals surface area contributed by atoms with E-state index >= 15 is 0 Å². The molecule has 0 amide bonds. The van der Waals surface area contributed by atoms with Gasteiger partial charge in [0.2, 0.25) is 0 Å². The Hall–Kier alpha value is -1.59. The maximum Gasteiger partial charge on any atom is 0.419 e. The number of fused-ring (bicyclic) bond motifs is 1. The molecule has 0 bridgehead atoms. The van der Waals surface area contributed by atoms with E-state index in [0.29, 0.717) is 5.58 Å². The summed E-state index contributed by atoms with van der Waals surface area (Å²) in [5.74, 6) is -0.296. The predicted molar refractivity (Wildman–Crippen MR) is 79.1 cm³/mol. The van der Waals surface area contributed by atoms with Crippen LogP contribution in [0.15, 0.2) is 27.4 Å². The predicted octanol–water partition coefficient (Wildman–Crippen LogP) is 0.969. The van der Waals surface area contributed by atoms with Crippen molar-refractivity contribution in [3.8, 4) is 0 Å². The van der Waals surface area contributed by atoms with E-state index in [1.807, 2.05) is 6.07 Å². The Kier molecular flexibility index (Phi) is 3.89. The van der Waals surface area contributed by atoms with Crippen molar-refractivity contribution in [1.82, 2.24) is 14.8 Å². The summed E-state index contributed by atoms with van der Waals surface area (Å²) in [5, 5.41) is 3.42. The number of aryl methyl sites for hydroxylation is 1. The second kappa shape index (κ2) is 5.81. The lowest BCUT2D eigenvalue weighted by molar-refractivity contribution is 0.296. The summed E-state index contributed by atoms with van der Waals surface area (Å²) in [5.41, 5.74) is 2.80. The highest BCUT2D eigenvalue weighted by Crippen LogP contribution is 2.15. The minimum atomic E-state index is -0.296. The smallest absolute Gasteiger partial charge is 0.408 e. The van der Waals surface area contributed by atoms with Crippen LogP contribution in [0.4, 0.5) is 0 Å². The van der Waals surface area contributed by atoms with Crippen LogP contribution in [-0.2, 0) is 13.5 Å². The quantitative estimate of drug-likeness (QED) is 0.907. The van der Waals surface area contributed by atoms with E-state index in [1.54, 1.807) is 11.6 Å². The Bertz CT molecular complexity index is 636. The van der Waals surface area contributed by atoms with Crippen LogP contribution < -0.4 is 11.1 Å². The Morgan fingerprint density at radius 2 is 2.20 bits per heavy atom. The highest BCUT2D eigenvalue weighted by atomic mass is 16.4. The Morgan fingerprint density at radius 3 is 3.10 bits per heavy atom. The minimum Gasteiger partial charge on any atom is -0.408 e. The van der Waals surface area contributed by atoms with E-state index in [9.17, 15) is 4.79 Å². The van der Waals surface area contributed by atoms with Gasteiger partial charge in [-0.2, -0.15) is 0 Å². The van der Waals surface area contributed by atoms with E-state index in [0.717, 1.165) is 38.1 Å². The van der Waals surface area contributed by atoms with Crippen molar-refractivity contribution in [2.45, 2.75) is 12.8 Å². The third-order valence-corrected chi connectivity index (χ3v) is 4.01. The molecule has 0 atom stereocenters. The molecule has 2 aromatic rings. The summed E-state index contributed by atoms with van der Waals surface area (Å²) in [4.78, 5) is 14.0. The highest BCUT2D eigenvalue weighted by molar-refractivity contribution is 5.73. The molecule has 1 fully saturated rings. The first-order valence-electron chi connectivity index (χ1n) is 7.25. The van der Waals surface area contributed by atoms with Crippen LogP contribution in [0.5, 0.6) is 0 Å². The van der Waals surface area contributed by atoms with Crippen molar-refractivity contribution >= 4 is 11.1 Å². The standard InChI is InChI=1S/C15H21N3O2/c1-17-13-11-12(3-4-14(13)20-15(17)19)5-9-18-8-2-6-16-7-10-18/h3-4,11,16H,2,5-10H2,1H3. The van der Waals surface area contributed by atoms with Gasteiger partial charge in [0, 0.05) is 26.7 Å². The third-order valence-electron chi connectivity index (χ3n) is 4.01. The lowest BCUT2D eigenvalue weighted by Crippen LogP contribution is -2.30. The van der Waals surface area contributed by atoms with Crippen LogP contribution in [0, 0.1) is 0 Å². The van der Waals surface area contributed by atoms with Gasteiger partial charge in [0.05, 0.1) is 5.52 Å². The number of nitrogens with one attached hydrogen (secondary N) is 1. The van der Waals surface area contributed by atoms with Gasteiger partial charge in [0.1, 0.15) is 0 Å². The second-order valence-corrected chi connectivity index (χ2v) is 5.42. The summed E-state index contributed by atoms with van der Waals surface area (Å²) in [6, 6.07) is 6.02. The maximum atomic E-state index is 11.5. The van der Waals surface area contributed by atoms with Crippen molar-refractivity contribution in [2.24, 2.45) is 7.05 Å².